The molecule has 0 aliphatic carbocycles. The highest BCUT2D eigenvalue weighted by Crippen LogP contribution is 2.19. The molecule has 3 aromatic carbocycles. The average molecular weight is 319 g/mol. The Bertz CT molecular complexity index is 785. The lowest BCUT2D eigenvalue weighted by atomic mass is 9.97. The first kappa shape index (κ1) is 16.1. The minimum atomic E-state index is -0.446. The van der Waals surface area contributed by atoms with E-state index in [1.54, 1.807) is 12.1 Å². The minimum absolute atomic E-state index is 0.0175. The van der Waals surface area contributed by atoms with Crippen LogP contribution in [-0.4, -0.2) is 5.78 Å². The monoisotopic (exact) mass is 319 g/mol. The number of carbonyl (C=O) groups excluding carboxylic acids is 1. The highest BCUT2D eigenvalue weighted by molar-refractivity contribution is 6.00. The van der Waals surface area contributed by atoms with Crippen LogP contribution in [0.15, 0.2) is 84.9 Å². The van der Waals surface area contributed by atoms with Crippen LogP contribution in [0.5, 0.6) is 0 Å². The van der Waals surface area contributed by atoms with E-state index in [9.17, 15) is 9.18 Å². The lowest BCUT2D eigenvalue weighted by Gasteiger charge is -2.18. The van der Waals surface area contributed by atoms with E-state index in [1.165, 1.54) is 12.1 Å². The molecule has 3 heteroatoms. The summed E-state index contributed by atoms with van der Waals surface area (Å²) in [7, 11) is 0. The average Bonchev–Trinajstić information content (AvgIpc) is 2.65. The van der Waals surface area contributed by atoms with E-state index in [4.69, 9.17) is 0 Å². The third-order valence-electron chi connectivity index (χ3n) is 3.88. The third-order valence-corrected chi connectivity index (χ3v) is 3.88. The molecule has 1 N–H and O–H groups in total. The summed E-state index contributed by atoms with van der Waals surface area (Å²) in [6, 6.07) is 24.7. The number of rotatable bonds is 6. The largest absolute Gasteiger partial charge is 0.299 e. The minimum Gasteiger partial charge on any atom is -0.299 e. The normalized spacial score (nSPS) is 11.9. The molecule has 0 saturated carbocycles. The van der Waals surface area contributed by atoms with E-state index < -0.39 is 6.04 Å². The van der Waals surface area contributed by atoms with E-state index >= 15 is 0 Å². The molecule has 1 unspecified atom stereocenters. The molecule has 120 valence electrons. The van der Waals surface area contributed by atoms with Crippen LogP contribution in [0.2, 0.25) is 0 Å². The predicted molar refractivity (Wildman–Crippen MR) is 93.2 cm³/mol. The molecule has 0 bridgehead atoms. The van der Waals surface area contributed by atoms with Crippen LogP contribution in [-0.2, 0) is 6.54 Å². The van der Waals surface area contributed by atoms with Crippen molar-refractivity contribution >= 4 is 5.78 Å². The number of carbonyl (C=O) groups is 1. The van der Waals surface area contributed by atoms with Gasteiger partial charge in [0, 0.05) is 12.1 Å². The Labute approximate surface area is 141 Å². The van der Waals surface area contributed by atoms with Crippen molar-refractivity contribution in [3.63, 3.8) is 0 Å². The van der Waals surface area contributed by atoms with Gasteiger partial charge in [0.05, 0.1) is 6.04 Å². The van der Waals surface area contributed by atoms with Gasteiger partial charge < -0.3 is 0 Å². The molecule has 24 heavy (non-hydrogen) atoms. The quantitative estimate of drug-likeness (QED) is 0.676. The molecule has 0 radical (unpaired) electrons. The lowest BCUT2D eigenvalue weighted by molar-refractivity contribution is 0.0942. The van der Waals surface area contributed by atoms with Crippen molar-refractivity contribution in [2.45, 2.75) is 12.6 Å². The summed E-state index contributed by atoms with van der Waals surface area (Å²) in [6.07, 6.45) is 0. The molecule has 0 aliphatic rings. The van der Waals surface area contributed by atoms with Gasteiger partial charge in [0.15, 0.2) is 5.78 Å². The van der Waals surface area contributed by atoms with Gasteiger partial charge in [-0.3, -0.25) is 10.1 Å². The van der Waals surface area contributed by atoms with Crippen molar-refractivity contribution in [1.82, 2.24) is 5.32 Å². The summed E-state index contributed by atoms with van der Waals surface area (Å²) < 4.78 is 13.0. The van der Waals surface area contributed by atoms with Crippen LogP contribution in [0.25, 0.3) is 0 Å². The number of halogens is 1. The molecular weight excluding hydrogens is 301 g/mol. The lowest BCUT2D eigenvalue weighted by Crippen LogP contribution is -2.28. The summed E-state index contributed by atoms with van der Waals surface area (Å²) in [5.41, 5.74) is 2.50. The molecule has 0 amide bonds. The van der Waals surface area contributed by atoms with Crippen molar-refractivity contribution in [2.24, 2.45) is 0 Å². The van der Waals surface area contributed by atoms with Gasteiger partial charge in [0.1, 0.15) is 5.82 Å². The Morgan fingerprint density at radius 3 is 2.04 bits per heavy atom. The standard InChI is InChI=1S/C21H18FNO/c22-19-13-11-16(12-14-19)15-23-20(17-7-3-1-4-8-17)21(24)18-9-5-2-6-10-18/h1-14,20,23H,15H2. The van der Waals surface area contributed by atoms with Gasteiger partial charge in [-0.15, -0.1) is 0 Å². The summed E-state index contributed by atoms with van der Waals surface area (Å²) in [5, 5.41) is 3.30. The highest BCUT2D eigenvalue weighted by Gasteiger charge is 2.21. The predicted octanol–water partition coefficient (Wildman–Crippen LogP) is 4.54. The molecule has 3 aromatic rings. The zero-order chi connectivity index (χ0) is 16.8. The Kier molecular flexibility index (Phi) is 5.14. The molecule has 0 aliphatic heterocycles. The zero-order valence-electron chi connectivity index (χ0n) is 13.2. The number of benzene rings is 3. The second-order valence-corrected chi connectivity index (χ2v) is 5.58. The number of hydrogen-bond acceptors (Lipinski definition) is 2. The topological polar surface area (TPSA) is 29.1 Å². The molecule has 2 nitrogen and oxygen atoms in total. The fourth-order valence-electron chi connectivity index (χ4n) is 2.60. The van der Waals surface area contributed by atoms with E-state index in [0.717, 1.165) is 11.1 Å². The Hall–Kier alpha value is -2.78. The smallest absolute Gasteiger partial charge is 0.184 e. The van der Waals surface area contributed by atoms with Crippen LogP contribution < -0.4 is 5.32 Å². The van der Waals surface area contributed by atoms with Gasteiger partial charge in [-0.25, -0.2) is 4.39 Å². The summed E-state index contributed by atoms with van der Waals surface area (Å²) in [5.74, 6) is -0.248. The fraction of sp³-hybridized carbons (Fsp3) is 0.0952. The number of nitrogens with one attached hydrogen (secondary N) is 1. The van der Waals surface area contributed by atoms with E-state index in [0.29, 0.717) is 12.1 Å². The summed E-state index contributed by atoms with van der Waals surface area (Å²) >= 11 is 0. The molecule has 1 atom stereocenters. The maximum absolute atomic E-state index is 13.0. The molecule has 3 rings (SSSR count). The van der Waals surface area contributed by atoms with Gasteiger partial charge in [0.2, 0.25) is 0 Å². The second kappa shape index (κ2) is 7.66. The Morgan fingerprint density at radius 1 is 0.833 bits per heavy atom. The van der Waals surface area contributed by atoms with Gasteiger partial charge in [-0.1, -0.05) is 72.8 Å². The first-order valence-corrected chi connectivity index (χ1v) is 7.86. The maximum atomic E-state index is 13.0. The van der Waals surface area contributed by atoms with Crippen molar-refractivity contribution in [3.8, 4) is 0 Å². The van der Waals surface area contributed by atoms with Gasteiger partial charge >= 0.3 is 0 Å². The van der Waals surface area contributed by atoms with Crippen molar-refractivity contribution < 1.29 is 9.18 Å². The number of Topliss-reactive ketones (excluding diaryl/α,β-unsaturated/α-hetero) is 1. The molecule has 0 aromatic heterocycles. The second-order valence-electron chi connectivity index (χ2n) is 5.58. The van der Waals surface area contributed by atoms with Gasteiger partial charge in [-0.05, 0) is 23.3 Å². The van der Waals surface area contributed by atoms with E-state index in [1.807, 2.05) is 60.7 Å². The Balaban J connectivity index is 1.82. The summed E-state index contributed by atoms with van der Waals surface area (Å²) in [6.45, 7) is 0.485. The number of hydrogen-bond donors (Lipinski definition) is 1. The first-order chi connectivity index (χ1) is 11.7. The van der Waals surface area contributed by atoms with E-state index in [2.05, 4.69) is 5.32 Å². The van der Waals surface area contributed by atoms with Gasteiger partial charge in [0.25, 0.3) is 0 Å². The molecular formula is C21H18FNO. The molecule has 0 saturated heterocycles. The Morgan fingerprint density at radius 2 is 1.42 bits per heavy atom. The molecule has 0 heterocycles. The van der Waals surface area contributed by atoms with Crippen molar-refractivity contribution in [1.29, 1.82) is 0 Å². The zero-order valence-corrected chi connectivity index (χ0v) is 13.2. The van der Waals surface area contributed by atoms with Crippen LogP contribution in [0.1, 0.15) is 27.5 Å². The van der Waals surface area contributed by atoms with Crippen LogP contribution in [0.3, 0.4) is 0 Å². The van der Waals surface area contributed by atoms with Crippen LogP contribution in [0, 0.1) is 5.82 Å². The van der Waals surface area contributed by atoms with Crippen molar-refractivity contribution in [2.75, 3.05) is 0 Å². The van der Waals surface area contributed by atoms with Gasteiger partial charge in [-0.2, -0.15) is 0 Å². The SMILES string of the molecule is O=C(c1ccccc1)C(NCc1ccc(F)cc1)c1ccccc1. The molecule has 0 spiro atoms. The number of ketones is 1. The fourth-order valence-corrected chi connectivity index (χ4v) is 2.60. The van der Waals surface area contributed by atoms with Crippen LogP contribution >= 0.6 is 0 Å². The third kappa shape index (κ3) is 3.94. The first-order valence-electron chi connectivity index (χ1n) is 7.86. The molecule has 0 fully saturated rings. The summed E-state index contributed by atoms with van der Waals surface area (Å²) in [4.78, 5) is 12.9. The van der Waals surface area contributed by atoms with E-state index in [-0.39, 0.29) is 11.6 Å². The maximum Gasteiger partial charge on any atom is 0.184 e. The van der Waals surface area contributed by atoms with Crippen molar-refractivity contribution in [3.05, 3.63) is 107 Å². The highest BCUT2D eigenvalue weighted by atomic mass is 19.1. The van der Waals surface area contributed by atoms with Crippen LogP contribution in [0.4, 0.5) is 4.39 Å².